The molecule has 2 unspecified atom stereocenters. The molecular formula is C13H19N. The van der Waals surface area contributed by atoms with Gasteiger partial charge < -0.3 is 4.57 Å². The summed E-state index contributed by atoms with van der Waals surface area (Å²) in [5.41, 5.74) is 0. The molecule has 0 radical (unpaired) electrons. The van der Waals surface area contributed by atoms with E-state index in [4.69, 9.17) is 0 Å². The summed E-state index contributed by atoms with van der Waals surface area (Å²) in [6, 6.07) is 4.97. The second-order valence-corrected chi connectivity index (χ2v) is 4.27. The third-order valence-electron chi connectivity index (χ3n) is 3.35. The van der Waals surface area contributed by atoms with Gasteiger partial charge in [-0.2, -0.15) is 0 Å². The minimum atomic E-state index is 0.719. The van der Waals surface area contributed by atoms with Crippen LogP contribution in [0.2, 0.25) is 0 Å². The van der Waals surface area contributed by atoms with Crippen LogP contribution in [0.25, 0.3) is 0 Å². The molecule has 0 amide bonds. The molecule has 2 rings (SSSR count). The predicted molar refractivity (Wildman–Crippen MR) is 60.2 cm³/mol. The van der Waals surface area contributed by atoms with Crippen molar-refractivity contribution in [2.24, 2.45) is 5.92 Å². The lowest BCUT2D eigenvalue weighted by atomic mass is 9.82. The molecule has 0 aromatic carbocycles. The minimum absolute atomic E-state index is 0.719. The van der Waals surface area contributed by atoms with Crippen molar-refractivity contribution in [2.45, 2.75) is 38.1 Å². The fraction of sp³-hybridized carbons (Fsp3) is 0.538. The summed E-state index contributed by atoms with van der Waals surface area (Å²) in [6.45, 7) is 3.86. The molecule has 1 aromatic heterocycles. The van der Waals surface area contributed by atoms with E-state index in [2.05, 4.69) is 41.7 Å². The van der Waals surface area contributed by atoms with Crippen LogP contribution < -0.4 is 0 Å². The van der Waals surface area contributed by atoms with Crippen LogP contribution in [0.15, 0.2) is 37.2 Å². The largest absolute Gasteiger partial charge is 0.351 e. The van der Waals surface area contributed by atoms with Gasteiger partial charge >= 0.3 is 0 Å². The van der Waals surface area contributed by atoms with Crippen LogP contribution in [-0.2, 0) is 0 Å². The Hall–Kier alpha value is -0.980. The maximum atomic E-state index is 3.86. The van der Waals surface area contributed by atoms with Gasteiger partial charge in [-0.05, 0) is 37.3 Å². The van der Waals surface area contributed by atoms with Gasteiger partial charge in [0.2, 0.25) is 0 Å². The van der Waals surface area contributed by atoms with Gasteiger partial charge in [-0.3, -0.25) is 0 Å². The molecule has 0 saturated heterocycles. The monoisotopic (exact) mass is 189 g/mol. The molecule has 2 atom stereocenters. The predicted octanol–water partition coefficient (Wildman–Crippen LogP) is 3.80. The van der Waals surface area contributed by atoms with Crippen LogP contribution in [0.5, 0.6) is 0 Å². The number of allylic oxidation sites excluding steroid dienone is 1. The molecule has 14 heavy (non-hydrogen) atoms. The van der Waals surface area contributed by atoms with Crippen LogP contribution in [0.3, 0.4) is 0 Å². The number of nitrogens with zero attached hydrogens (tertiary/aromatic N) is 1. The van der Waals surface area contributed by atoms with E-state index in [1.54, 1.807) is 0 Å². The molecule has 0 N–H and O–H groups in total. The Labute approximate surface area is 86.4 Å². The highest BCUT2D eigenvalue weighted by molar-refractivity contribution is 4.96. The van der Waals surface area contributed by atoms with E-state index in [9.17, 15) is 0 Å². The Morgan fingerprint density at radius 1 is 1.21 bits per heavy atom. The topological polar surface area (TPSA) is 4.93 Å². The normalized spacial score (nSPS) is 27.4. The Bertz CT molecular complexity index is 273. The summed E-state index contributed by atoms with van der Waals surface area (Å²) in [5.74, 6) is 0.814. The number of rotatable bonds is 3. The molecule has 1 aliphatic carbocycles. The van der Waals surface area contributed by atoms with E-state index in [-0.39, 0.29) is 0 Å². The lowest BCUT2D eigenvalue weighted by Gasteiger charge is -2.32. The quantitative estimate of drug-likeness (QED) is 0.637. The van der Waals surface area contributed by atoms with Crippen molar-refractivity contribution in [2.75, 3.05) is 0 Å². The molecule has 1 aliphatic rings. The number of aromatic nitrogens is 1. The van der Waals surface area contributed by atoms with E-state index >= 15 is 0 Å². The van der Waals surface area contributed by atoms with Crippen molar-refractivity contribution in [3.8, 4) is 0 Å². The van der Waals surface area contributed by atoms with Crippen LogP contribution in [0, 0.1) is 5.92 Å². The van der Waals surface area contributed by atoms with E-state index in [0.29, 0.717) is 0 Å². The van der Waals surface area contributed by atoms with E-state index in [1.165, 1.54) is 32.1 Å². The van der Waals surface area contributed by atoms with Gasteiger partial charge in [-0.1, -0.05) is 18.9 Å². The van der Waals surface area contributed by atoms with Crippen molar-refractivity contribution in [3.63, 3.8) is 0 Å². The first-order valence-electron chi connectivity index (χ1n) is 5.65. The van der Waals surface area contributed by atoms with Gasteiger partial charge in [0.05, 0.1) is 0 Å². The zero-order chi connectivity index (χ0) is 9.80. The summed E-state index contributed by atoms with van der Waals surface area (Å²) >= 11 is 0. The van der Waals surface area contributed by atoms with E-state index < -0.39 is 0 Å². The molecule has 0 bridgehead atoms. The molecular weight excluding hydrogens is 170 g/mol. The maximum absolute atomic E-state index is 3.86. The van der Waals surface area contributed by atoms with Gasteiger partial charge in [-0.15, -0.1) is 6.58 Å². The average molecular weight is 189 g/mol. The molecule has 0 aliphatic heterocycles. The highest BCUT2D eigenvalue weighted by Crippen LogP contribution is 2.36. The molecule has 1 aromatic rings. The van der Waals surface area contributed by atoms with Crippen molar-refractivity contribution in [3.05, 3.63) is 37.2 Å². The summed E-state index contributed by atoms with van der Waals surface area (Å²) in [4.78, 5) is 0. The third-order valence-corrected chi connectivity index (χ3v) is 3.35. The Kier molecular flexibility index (Phi) is 3.07. The van der Waals surface area contributed by atoms with Gasteiger partial charge in [0.25, 0.3) is 0 Å². The van der Waals surface area contributed by atoms with Crippen molar-refractivity contribution in [1.82, 2.24) is 4.57 Å². The van der Waals surface area contributed by atoms with Gasteiger partial charge in [0.1, 0.15) is 0 Å². The summed E-state index contributed by atoms with van der Waals surface area (Å²) in [5, 5.41) is 0. The standard InChI is InChI=1S/C13H19N/c1-2-7-12-8-3-4-9-13(12)14-10-5-6-11-14/h2,5-6,10-13H,1,3-4,7-9H2. The van der Waals surface area contributed by atoms with Crippen LogP contribution in [0.1, 0.15) is 38.1 Å². The third kappa shape index (κ3) is 1.92. The van der Waals surface area contributed by atoms with Crippen molar-refractivity contribution in [1.29, 1.82) is 0 Å². The highest BCUT2D eigenvalue weighted by atomic mass is 15.0. The fourth-order valence-corrected chi connectivity index (χ4v) is 2.64. The Balaban J connectivity index is 2.10. The lowest BCUT2D eigenvalue weighted by molar-refractivity contribution is 0.241. The Morgan fingerprint density at radius 3 is 2.64 bits per heavy atom. The zero-order valence-corrected chi connectivity index (χ0v) is 8.73. The smallest absolute Gasteiger partial charge is 0.0361 e. The summed E-state index contributed by atoms with van der Waals surface area (Å²) in [6.07, 6.45) is 13.1. The van der Waals surface area contributed by atoms with Gasteiger partial charge in [0, 0.05) is 18.4 Å². The first kappa shape index (κ1) is 9.57. The molecule has 1 heteroatoms. The van der Waals surface area contributed by atoms with Gasteiger partial charge in [-0.25, -0.2) is 0 Å². The summed E-state index contributed by atoms with van der Waals surface area (Å²) < 4.78 is 2.38. The molecule has 1 heterocycles. The SMILES string of the molecule is C=CCC1CCCCC1n1cccc1. The molecule has 1 fully saturated rings. The highest BCUT2D eigenvalue weighted by Gasteiger charge is 2.24. The molecule has 1 nitrogen and oxygen atoms in total. The zero-order valence-electron chi connectivity index (χ0n) is 8.73. The lowest BCUT2D eigenvalue weighted by Crippen LogP contribution is -2.21. The van der Waals surface area contributed by atoms with E-state index in [0.717, 1.165) is 12.0 Å². The molecule has 76 valence electrons. The second kappa shape index (κ2) is 4.50. The average Bonchev–Trinajstić information content (AvgIpc) is 2.72. The van der Waals surface area contributed by atoms with Crippen LogP contribution >= 0.6 is 0 Å². The Morgan fingerprint density at radius 2 is 1.93 bits per heavy atom. The number of hydrogen-bond donors (Lipinski definition) is 0. The van der Waals surface area contributed by atoms with Gasteiger partial charge in [0.15, 0.2) is 0 Å². The van der Waals surface area contributed by atoms with Crippen LogP contribution in [0.4, 0.5) is 0 Å². The second-order valence-electron chi connectivity index (χ2n) is 4.27. The fourth-order valence-electron chi connectivity index (χ4n) is 2.64. The maximum Gasteiger partial charge on any atom is 0.0361 e. The molecule has 1 saturated carbocycles. The number of hydrogen-bond acceptors (Lipinski definition) is 0. The minimum Gasteiger partial charge on any atom is -0.351 e. The van der Waals surface area contributed by atoms with Crippen molar-refractivity contribution < 1.29 is 0 Å². The van der Waals surface area contributed by atoms with Crippen LogP contribution in [-0.4, -0.2) is 4.57 Å². The van der Waals surface area contributed by atoms with E-state index in [1.807, 2.05) is 0 Å². The summed E-state index contributed by atoms with van der Waals surface area (Å²) in [7, 11) is 0. The first-order valence-corrected chi connectivity index (χ1v) is 5.65. The molecule has 0 spiro atoms. The first-order chi connectivity index (χ1) is 6.92. The van der Waals surface area contributed by atoms with Crippen molar-refractivity contribution >= 4 is 0 Å².